The lowest BCUT2D eigenvalue weighted by Crippen LogP contribution is -2.23. The molecule has 0 aromatic heterocycles. The van der Waals surface area contributed by atoms with Crippen LogP contribution in [0.15, 0.2) is 17.3 Å². The van der Waals surface area contributed by atoms with Gasteiger partial charge in [-0.2, -0.15) is 0 Å². The Morgan fingerprint density at radius 3 is 3.44 bits per heavy atom. The fraction of sp³-hybridized carbons (Fsp3) is 0.571. The summed E-state index contributed by atoms with van der Waals surface area (Å²) in [6.45, 7) is 0.845. The van der Waals surface area contributed by atoms with Crippen LogP contribution in [0.3, 0.4) is 0 Å². The first-order chi connectivity index (χ1) is 4.47. The lowest BCUT2D eigenvalue weighted by molar-refractivity contribution is 0.141. The van der Waals surface area contributed by atoms with Gasteiger partial charge in [0.1, 0.15) is 6.10 Å². The van der Waals surface area contributed by atoms with E-state index in [2.05, 4.69) is 11.1 Å². The molecule has 0 aliphatic carbocycles. The van der Waals surface area contributed by atoms with Crippen LogP contribution in [-0.4, -0.2) is 18.9 Å². The third-order valence-electron chi connectivity index (χ3n) is 1.85. The van der Waals surface area contributed by atoms with E-state index in [9.17, 15) is 0 Å². The first-order valence-electron chi connectivity index (χ1n) is 3.27. The maximum Gasteiger partial charge on any atom is 0.124 e. The van der Waals surface area contributed by atoms with E-state index in [1.54, 1.807) is 6.26 Å². The summed E-state index contributed by atoms with van der Waals surface area (Å²) in [5.74, 6) is 0.613. The molecule has 0 aromatic carbocycles. The molecule has 2 heterocycles. The smallest absolute Gasteiger partial charge is 0.124 e. The van der Waals surface area contributed by atoms with Gasteiger partial charge in [0.2, 0.25) is 0 Å². The largest absolute Gasteiger partial charge is 0.496 e. The molecular formula is C7H9NO. The molecule has 0 bridgehead atoms. The predicted molar refractivity (Wildman–Crippen MR) is 35.5 cm³/mol. The van der Waals surface area contributed by atoms with Gasteiger partial charge in [-0.15, -0.1) is 0 Å². The highest BCUT2D eigenvalue weighted by Crippen LogP contribution is 2.22. The van der Waals surface area contributed by atoms with Crippen LogP contribution >= 0.6 is 0 Å². The van der Waals surface area contributed by atoms with Crippen molar-refractivity contribution in [1.82, 2.24) is 0 Å². The van der Waals surface area contributed by atoms with Gasteiger partial charge >= 0.3 is 0 Å². The first kappa shape index (κ1) is 5.03. The van der Waals surface area contributed by atoms with Gasteiger partial charge in [-0.25, -0.2) is 0 Å². The third kappa shape index (κ3) is 0.745. The van der Waals surface area contributed by atoms with Crippen LogP contribution in [0.2, 0.25) is 0 Å². The highest BCUT2D eigenvalue weighted by Gasteiger charge is 2.25. The summed E-state index contributed by atoms with van der Waals surface area (Å²) in [5.41, 5.74) is 0. The standard InChI is InChI=1S/C7H9NO/c1-3-8-5-7-6(1)2-4-9-7/h2-4,6-7H,1,5H2. The van der Waals surface area contributed by atoms with Crippen molar-refractivity contribution in [2.24, 2.45) is 10.9 Å². The van der Waals surface area contributed by atoms with Gasteiger partial charge in [0.15, 0.2) is 0 Å². The van der Waals surface area contributed by atoms with Crippen molar-refractivity contribution >= 4 is 6.21 Å². The summed E-state index contributed by atoms with van der Waals surface area (Å²) < 4.78 is 5.26. The predicted octanol–water partition coefficient (Wildman–Crippen LogP) is 0.990. The number of aliphatic imine (C=N–C) groups is 1. The van der Waals surface area contributed by atoms with Crippen molar-refractivity contribution in [3.8, 4) is 0 Å². The molecule has 2 heteroatoms. The van der Waals surface area contributed by atoms with Crippen LogP contribution in [0.1, 0.15) is 6.42 Å². The zero-order valence-corrected chi connectivity index (χ0v) is 5.16. The Kier molecular flexibility index (Phi) is 1.04. The molecular weight excluding hydrogens is 114 g/mol. The topological polar surface area (TPSA) is 21.6 Å². The molecule has 2 aliphatic rings. The van der Waals surface area contributed by atoms with Crippen molar-refractivity contribution in [1.29, 1.82) is 0 Å². The second-order valence-corrected chi connectivity index (χ2v) is 2.45. The minimum atomic E-state index is 0.356. The minimum absolute atomic E-state index is 0.356. The molecule has 2 aliphatic heterocycles. The van der Waals surface area contributed by atoms with Gasteiger partial charge in [-0.1, -0.05) is 0 Å². The number of fused-ring (bicyclic) bond motifs is 1. The molecule has 2 rings (SSSR count). The first-order valence-corrected chi connectivity index (χ1v) is 3.27. The summed E-state index contributed by atoms with van der Waals surface area (Å²) in [7, 11) is 0. The van der Waals surface area contributed by atoms with Crippen LogP contribution in [0.4, 0.5) is 0 Å². The van der Waals surface area contributed by atoms with E-state index in [-0.39, 0.29) is 0 Å². The monoisotopic (exact) mass is 123 g/mol. The Morgan fingerprint density at radius 1 is 1.56 bits per heavy atom. The normalized spacial score (nSPS) is 38.2. The molecule has 0 fully saturated rings. The summed E-state index contributed by atoms with van der Waals surface area (Å²) in [5, 5.41) is 0. The summed E-state index contributed by atoms with van der Waals surface area (Å²) >= 11 is 0. The average Bonchev–Trinajstić information content (AvgIpc) is 2.33. The fourth-order valence-electron chi connectivity index (χ4n) is 1.26. The number of rotatable bonds is 0. The molecule has 0 saturated carbocycles. The Bertz CT molecular complexity index is 162. The highest BCUT2D eigenvalue weighted by molar-refractivity contribution is 5.59. The van der Waals surface area contributed by atoms with E-state index < -0.39 is 0 Å². The number of ether oxygens (including phenoxy) is 1. The van der Waals surface area contributed by atoms with Crippen molar-refractivity contribution in [3.05, 3.63) is 12.3 Å². The van der Waals surface area contributed by atoms with Crippen LogP contribution < -0.4 is 0 Å². The van der Waals surface area contributed by atoms with Crippen LogP contribution in [0.25, 0.3) is 0 Å². The lowest BCUT2D eigenvalue weighted by Gasteiger charge is -2.18. The van der Waals surface area contributed by atoms with Crippen molar-refractivity contribution < 1.29 is 4.74 Å². The maximum atomic E-state index is 5.26. The molecule has 9 heavy (non-hydrogen) atoms. The second kappa shape index (κ2) is 1.87. The van der Waals surface area contributed by atoms with Gasteiger partial charge in [0, 0.05) is 5.92 Å². The lowest BCUT2D eigenvalue weighted by atomic mass is 9.99. The van der Waals surface area contributed by atoms with E-state index in [0.717, 1.165) is 13.0 Å². The van der Waals surface area contributed by atoms with Crippen LogP contribution in [-0.2, 0) is 4.74 Å². The molecule has 0 spiro atoms. The van der Waals surface area contributed by atoms with Gasteiger partial charge < -0.3 is 4.74 Å². The summed E-state index contributed by atoms with van der Waals surface area (Å²) in [6, 6.07) is 0. The Labute approximate surface area is 54.2 Å². The number of hydrogen-bond acceptors (Lipinski definition) is 2. The zero-order chi connectivity index (χ0) is 6.10. The SMILES string of the molecule is C1=CC2CC=NCC2O1. The number of hydrogen-bond donors (Lipinski definition) is 0. The Hall–Kier alpha value is -0.790. The van der Waals surface area contributed by atoms with E-state index in [0.29, 0.717) is 12.0 Å². The van der Waals surface area contributed by atoms with Gasteiger partial charge in [-0.3, -0.25) is 4.99 Å². The summed E-state index contributed by atoms with van der Waals surface area (Å²) in [6.07, 6.45) is 7.32. The van der Waals surface area contributed by atoms with E-state index in [1.807, 2.05) is 6.21 Å². The van der Waals surface area contributed by atoms with Crippen molar-refractivity contribution in [2.45, 2.75) is 12.5 Å². The summed E-state index contributed by atoms with van der Waals surface area (Å²) in [4.78, 5) is 4.13. The maximum absolute atomic E-state index is 5.26. The quantitative estimate of drug-likeness (QED) is 0.470. The molecule has 0 N–H and O–H groups in total. The van der Waals surface area contributed by atoms with Gasteiger partial charge in [0.25, 0.3) is 0 Å². The van der Waals surface area contributed by atoms with Crippen molar-refractivity contribution in [2.75, 3.05) is 6.54 Å². The minimum Gasteiger partial charge on any atom is -0.496 e. The highest BCUT2D eigenvalue weighted by atomic mass is 16.5. The van der Waals surface area contributed by atoms with E-state index in [1.165, 1.54) is 0 Å². The molecule has 0 saturated heterocycles. The molecule has 48 valence electrons. The average molecular weight is 123 g/mol. The van der Waals surface area contributed by atoms with Crippen LogP contribution in [0.5, 0.6) is 0 Å². The Balaban J connectivity index is 2.13. The molecule has 2 nitrogen and oxygen atoms in total. The Morgan fingerprint density at radius 2 is 2.56 bits per heavy atom. The molecule has 0 amide bonds. The van der Waals surface area contributed by atoms with E-state index in [4.69, 9.17) is 4.74 Å². The van der Waals surface area contributed by atoms with Crippen molar-refractivity contribution in [3.63, 3.8) is 0 Å². The number of nitrogens with zero attached hydrogens (tertiary/aromatic N) is 1. The van der Waals surface area contributed by atoms with E-state index >= 15 is 0 Å². The molecule has 2 unspecified atom stereocenters. The van der Waals surface area contributed by atoms with Gasteiger partial charge in [0.05, 0.1) is 12.8 Å². The third-order valence-corrected chi connectivity index (χ3v) is 1.85. The molecule has 2 atom stereocenters. The van der Waals surface area contributed by atoms with Crippen LogP contribution in [0, 0.1) is 5.92 Å². The molecule has 0 aromatic rings. The zero-order valence-electron chi connectivity index (χ0n) is 5.16. The second-order valence-electron chi connectivity index (χ2n) is 2.45. The molecule has 0 radical (unpaired) electrons. The fourth-order valence-corrected chi connectivity index (χ4v) is 1.26. The van der Waals surface area contributed by atoms with Gasteiger partial charge in [-0.05, 0) is 18.7 Å².